The number of rotatable bonds is 4. The fourth-order valence-electron chi connectivity index (χ4n) is 3.07. The molecular weight excluding hydrogens is 385 g/mol. The van der Waals surface area contributed by atoms with Gasteiger partial charge in [-0.2, -0.15) is 0 Å². The second-order valence-electron chi connectivity index (χ2n) is 6.43. The summed E-state index contributed by atoms with van der Waals surface area (Å²) in [5.74, 6) is -0.393. The van der Waals surface area contributed by atoms with E-state index in [-0.39, 0.29) is 24.2 Å². The number of piperidine rings is 1. The molecule has 2 aromatic rings. The summed E-state index contributed by atoms with van der Waals surface area (Å²) in [4.78, 5) is 26.7. The third-order valence-corrected chi connectivity index (χ3v) is 4.86. The highest BCUT2D eigenvalue weighted by Gasteiger charge is 2.21. The Morgan fingerprint density at radius 3 is 2.33 bits per heavy atom. The Bertz CT molecular complexity index is 793. The number of hydrogen-bond donors (Lipinski definition) is 2. The van der Waals surface area contributed by atoms with Crippen molar-refractivity contribution in [2.24, 2.45) is 5.73 Å². The highest BCUT2D eigenvalue weighted by atomic mass is 35.5. The summed E-state index contributed by atoms with van der Waals surface area (Å²) in [6.07, 6.45) is 3.20. The van der Waals surface area contributed by atoms with E-state index in [1.165, 1.54) is 0 Å². The number of halogens is 2. The topological polar surface area (TPSA) is 75.4 Å². The predicted molar refractivity (Wildman–Crippen MR) is 110 cm³/mol. The molecule has 0 aromatic heterocycles. The van der Waals surface area contributed by atoms with Crippen molar-refractivity contribution in [3.8, 4) is 0 Å². The molecule has 7 heteroatoms. The summed E-state index contributed by atoms with van der Waals surface area (Å²) in [6, 6.07) is 13.3. The third-order valence-electron chi connectivity index (χ3n) is 4.55. The van der Waals surface area contributed by atoms with Gasteiger partial charge in [0.05, 0.1) is 10.6 Å². The number of nitrogens with one attached hydrogen (secondary N) is 1. The van der Waals surface area contributed by atoms with Crippen LogP contribution in [0.4, 0.5) is 5.69 Å². The van der Waals surface area contributed by atoms with Gasteiger partial charge in [0.1, 0.15) is 6.04 Å². The van der Waals surface area contributed by atoms with Crippen molar-refractivity contribution in [3.63, 3.8) is 0 Å². The first kappa shape index (κ1) is 21.2. The number of amides is 2. The summed E-state index contributed by atoms with van der Waals surface area (Å²) in [5.41, 5.74) is 7.70. The molecule has 3 N–H and O–H groups in total. The lowest BCUT2D eigenvalue weighted by molar-refractivity contribution is -0.117. The Morgan fingerprint density at radius 1 is 1.04 bits per heavy atom. The monoisotopic (exact) mass is 407 g/mol. The van der Waals surface area contributed by atoms with Gasteiger partial charge in [-0.3, -0.25) is 9.59 Å². The number of likely N-dealkylation sites (tertiary alicyclic amines) is 1. The molecule has 0 bridgehead atoms. The normalized spacial score (nSPS) is 14.8. The Balaban J connectivity index is 0.00000261. The number of anilines is 1. The fraction of sp³-hybridized carbons (Fsp3) is 0.300. The molecule has 0 saturated carbocycles. The number of nitrogens with zero attached hydrogens (tertiary/aromatic N) is 1. The molecule has 3 rings (SSSR count). The van der Waals surface area contributed by atoms with Crippen molar-refractivity contribution in [3.05, 3.63) is 64.7 Å². The van der Waals surface area contributed by atoms with Gasteiger partial charge in [-0.1, -0.05) is 41.9 Å². The van der Waals surface area contributed by atoms with Gasteiger partial charge in [0.2, 0.25) is 5.91 Å². The van der Waals surface area contributed by atoms with Gasteiger partial charge in [-0.15, -0.1) is 12.4 Å². The molecule has 144 valence electrons. The van der Waals surface area contributed by atoms with Crippen LogP contribution in [0.3, 0.4) is 0 Å². The van der Waals surface area contributed by atoms with E-state index in [1.54, 1.807) is 30.3 Å². The van der Waals surface area contributed by atoms with Gasteiger partial charge >= 0.3 is 0 Å². The van der Waals surface area contributed by atoms with Crippen LogP contribution in [0.1, 0.15) is 41.2 Å². The van der Waals surface area contributed by atoms with E-state index in [4.69, 9.17) is 17.3 Å². The van der Waals surface area contributed by atoms with Gasteiger partial charge < -0.3 is 16.0 Å². The molecule has 2 amide bonds. The van der Waals surface area contributed by atoms with Crippen LogP contribution in [0.25, 0.3) is 0 Å². The van der Waals surface area contributed by atoms with Crippen LogP contribution < -0.4 is 11.1 Å². The first-order valence-corrected chi connectivity index (χ1v) is 9.14. The Kier molecular flexibility index (Phi) is 7.66. The van der Waals surface area contributed by atoms with E-state index in [0.717, 1.165) is 37.9 Å². The summed E-state index contributed by atoms with van der Waals surface area (Å²) in [6.45, 7) is 1.53. The van der Waals surface area contributed by atoms with E-state index >= 15 is 0 Å². The summed E-state index contributed by atoms with van der Waals surface area (Å²) < 4.78 is 0. The molecule has 1 fully saturated rings. The van der Waals surface area contributed by atoms with Gasteiger partial charge in [0.25, 0.3) is 5.91 Å². The third kappa shape index (κ3) is 5.22. The van der Waals surface area contributed by atoms with Crippen LogP contribution in [0.2, 0.25) is 5.02 Å². The van der Waals surface area contributed by atoms with Crippen molar-refractivity contribution < 1.29 is 9.59 Å². The molecule has 1 aliphatic rings. The van der Waals surface area contributed by atoms with Crippen molar-refractivity contribution in [2.75, 3.05) is 18.4 Å². The fourth-order valence-corrected chi connectivity index (χ4v) is 3.33. The quantitative estimate of drug-likeness (QED) is 0.802. The second kappa shape index (κ2) is 9.74. The average Bonchev–Trinajstić information content (AvgIpc) is 2.68. The smallest absolute Gasteiger partial charge is 0.255 e. The van der Waals surface area contributed by atoms with E-state index in [9.17, 15) is 9.59 Å². The maximum absolute atomic E-state index is 12.6. The van der Waals surface area contributed by atoms with Crippen LogP contribution >= 0.6 is 24.0 Å². The molecule has 1 aliphatic heterocycles. The summed E-state index contributed by atoms with van der Waals surface area (Å²) in [7, 11) is 0. The number of nitrogens with two attached hydrogens (primary N) is 1. The van der Waals surface area contributed by atoms with Crippen LogP contribution in [-0.2, 0) is 4.79 Å². The molecule has 0 spiro atoms. The van der Waals surface area contributed by atoms with Crippen molar-refractivity contribution in [1.82, 2.24) is 4.90 Å². The molecule has 27 heavy (non-hydrogen) atoms. The molecule has 1 saturated heterocycles. The van der Waals surface area contributed by atoms with Crippen LogP contribution in [0, 0.1) is 0 Å². The van der Waals surface area contributed by atoms with E-state index in [1.807, 2.05) is 23.1 Å². The Hall–Kier alpha value is -2.08. The lowest BCUT2D eigenvalue weighted by Gasteiger charge is -2.27. The van der Waals surface area contributed by atoms with Gasteiger partial charge in [0.15, 0.2) is 0 Å². The highest BCUT2D eigenvalue weighted by molar-refractivity contribution is 6.34. The molecule has 1 unspecified atom stereocenters. The second-order valence-corrected chi connectivity index (χ2v) is 6.83. The minimum absolute atomic E-state index is 0. The minimum atomic E-state index is -0.773. The zero-order valence-corrected chi connectivity index (χ0v) is 16.4. The van der Waals surface area contributed by atoms with Crippen molar-refractivity contribution >= 4 is 41.5 Å². The summed E-state index contributed by atoms with van der Waals surface area (Å²) >= 11 is 6.29. The number of hydrogen-bond acceptors (Lipinski definition) is 3. The standard InChI is InChI=1S/C20H22ClN3O2.ClH/c21-17-13-15(23-19(25)18(22)14-7-3-1-4-8-14)9-10-16(17)20(26)24-11-5-2-6-12-24;/h1,3-4,7-10,13,18H,2,5-6,11-12,22H2,(H,23,25);1H. The molecule has 0 radical (unpaired) electrons. The van der Waals surface area contributed by atoms with Crippen LogP contribution in [0.5, 0.6) is 0 Å². The largest absolute Gasteiger partial charge is 0.339 e. The predicted octanol–water partition coefficient (Wildman–Crippen LogP) is 4.03. The first-order chi connectivity index (χ1) is 12.6. The lowest BCUT2D eigenvalue weighted by atomic mass is 10.1. The van der Waals surface area contributed by atoms with E-state index < -0.39 is 6.04 Å². The highest BCUT2D eigenvalue weighted by Crippen LogP contribution is 2.24. The Morgan fingerprint density at radius 2 is 1.70 bits per heavy atom. The van der Waals surface area contributed by atoms with E-state index in [0.29, 0.717) is 16.3 Å². The van der Waals surface area contributed by atoms with Crippen LogP contribution in [0.15, 0.2) is 48.5 Å². The molecule has 1 atom stereocenters. The average molecular weight is 408 g/mol. The summed E-state index contributed by atoms with van der Waals surface area (Å²) in [5, 5.41) is 3.08. The molecule has 1 heterocycles. The maximum atomic E-state index is 12.6. The molecule has 5 nitrogen and oxygen atoms in total. The van der Waals surface area contributed by atoms with Crippen molar-refractivity contribution in [1.29, 1.82) is 0 Å². The van der Waals surface area contributed by atoms with Crippen molar-refractivity contribution in [2.45, 2.75) is 25.3 Å². The van der Waals surface area contributed by atoms with Gasteiger partial charge in [-0.05, 0) is 43.0 Å². The minimum Gasteiger partial charge on any atom is -0.339 e. The number of carbonyl (C=O) groups is 2. The van der Waals surface area contributed by atoms with Crippen LogP contribution in [-0.4, -0.2) is 29.8 Å². The SMILES string of the molecule is Cl.NC(C(=O)Nc1ccc(C(=O)N2CCCCC2)c(Cl)c1)c1ccccc1. The first-order valence-electron chi connectivity index (χ1n) is 8.76. The Labute approximate surface area is 170 Å². The molecule has 0 aliphatic carbocycles. The number of carbonyl (C=O) groups excluding carboxylic acids is 2. The zero-order valence-electron chi connectivity index (χ0n) is 14.9. The van der Waals surface area contributed by atoms with E-state index in [2.05, 4.69) is 5.32 Å². The van der Waals surface area contributed by atoms with Gasteiger partial charge in [0, 0.05) is 18.8 Å². The maximum Gasteiger partial charge on any atom is 0.255 e. The van der Waals surface area contributed by atoms with Gasteiger partial charge in [-0.25, -0.2) is 0 Å². The number of benzene rings is 2. The lowest BCUT2D eigenvalue weighted by Crippen LogP contribution is -2.35. The molecular formula is C20H23Cl2N3O2. The zero-order chi connectivity index (χ0) is 18.5. The molecule has 2 aromatic carbocycles.